The number of benzene rings is 1. The van der Waals surface area contributed by atoms with E-state index in [9.17, 15) is 4.79 Å². The molecule has 2 heterocycles. The van der Waals surface area contributed by atoms with Crippen molar-refractivity contribution in [3.63, 3.8) is 0 Å². The molecule has 0 saturated carbocycles. The molecule has 1 aromatic carbocycles. The number of rotatable bonds is 14. The minimum absolute atomic E-state index is 0.245. The molecular formula is C24H35N5O3. The molecule has 174 valence electrons. The van der Waals surface area contributed by atoms with Crippen molar-refractivity contribution in [3.05, 3.63) is 29.8 Å². The average molecular weight is 442 g/mol. The van der Waals surface area contributed by atoms with Crippen LogP contribution in [0.4, 0.5) is 23.3 Å². The second-order valence-electron chi connectivity index (χ2n) is 8.29. The minimum Gasteiger partial charge on any atom is -0.494 e. The number of aliphatic carboxylic acids is 1. The van der Waals surface area contributed by atoms with Gasteiger partial charge in [0, 0.05) is 30.3 Å². The fourth-order valence-electron chi connectivity index (χ4n) is 3.77. The van der Waals surface area contributed by atoms with Gasteiger partial charge in [-0.15, -0.1) is 0 Å². The van der Waals surface area contributed by atoms with Gasteiger partial charge >= 0.3 is 5.97 Å². The number of fused-ring (bicyclic) bond motifs is 1. The third kappa shape index (κ3) is 7.28. The van der Waals surface area contributed by atoms with Crippen LogP contribution in [0.1, 0.15) is 64.4 Å². The molecule has 32 heavy (non-hydrogen) atoms. The first-order valence-electron chi connectivity index (χ1n) is 11.7. The second-order valence-corrected chi connectivity index (χ2v) is 8.29. The number of carboxylic acids is 1. The van der Waals surface area contributed by atoms with Crippen LogP contribution in [-0.2, 0) is 11.2 Å². The molecule has 0 saturated heterocycles. The number of aromatic nitrogens is 2. The van der Waals surface area contributed by atoms with Crippen molar-refractivity contribution in [2.45, 2.75) is 71.3 Å². The van der Waals surface area contributed by atoms with Gasteiger partial charge < -0.3 is 25.8 Å². The van der Waals surface area contributed by atoms with Crippen molar-refractivity contribution < 1.29 is 14.6 Å². The summed E-state index contributed by atoms with van der Waals surface area (Å²) in [5.74, 6) is 2.46. The normalized spacial score (nSPS) is 13.2. The number of ether oxygens (including phenoxy) is 1. The number of unbranched alkanes of at least 4 members (excludes halogenated alkanes) is 3. The highest BCUT2D eigenvalue weighted by molar-refractivity contribution is 5.67. The Kier molecular flexibility index (Phi) is 8.95. The van der Waals surface area contributed by atoms with E-state index in [-0.39, 0.29) is 6.42 Å². The van der Waals surface area contributed by atoms with Crippen LogP contribution >= 0.6 is 0 Å². The van der Waals surface area contributed by atoms with E-state index in [1.54, 1.807) is 0 Å². The topological polar surface area (TPSA) is 108 Å². The zero-order valence-electron chi connectivity index (χ0n) is 19.1. The number of anilines is 4. The van der Waals surface area contributed by atoms with E-state index in [1.807, 2.05) is 24.3 Å². The summed E-state index contributed by atoms with van der Waals surface area (Å²) in [6.07, 6.45) is 6.94. The summed E-state index contributed by atoms with van der Waals surface area (Å²) >= 11 is 0. The summed E-state index contributed by atoms with van der Waals surface area (Å²) in [5.41, 5.74) is 2.06. The smallest absolute Gasteiger partial charge is 0.303 e. The predicted molar refractivity (Wildman–Crippen MR) is 128 cm³/mol. The molecule has 8 nitrogen and oxygen atoms in total. The van der Waals surface area contributed by atoms with Gasteiger partial charge in [0.15, 0.2) is 0 Å². The van der Waals surface area contributed by atoms with Crippen molar-refractivity contribution in [1.29, 1.82) is 0 Å². The predicted octanol–water partition coefficient (Wildman–Crippen LogP) is 5.20. The van der Waals surface area contributed by atoms with E-state index >= 15 is 0 Å². The first-order valence-corrected chi connectivity index (χ1v) is 11.7. The van der Waals surface area contributed by atoms with Crippen LogP contribution in [-0.4, -0.2) is 40.2 Å². The molecule has 1 aliphatic heterocycles. The van der Waals surface area contributed by atoms with Crippen molar-refractivity contribution in [2.75, 3.05) is 29.1 Å². The molecule has 1 atom stereocenters. The molecule has 0 radical (unpaired) electrons. The Hall–Kier alpha value is -3.03. The van der Waals surface area contributed by atoms with Crippen molar-refractivity contribution in [1.82, 2.24) is 9.97 Å². The van der Waals surface area contributed by atoms with Crippen LogP contribution < -0.4 is 20.7 Å². The quantitative estimate of drug-likeness (QED) is 0.296. The number of carbonyl (C=O) groups is 1. The second kappa shape index (κ2) is 12.1. The summed E-state index contributed by atoms with van der Waals surface area (Å²) in [5, 5.41) is 18.8. The van der Waals surface area contributed by atoms with Crippen molar-refractivity contribution >= 4 is 29.2 Å². The number of hydrogen-bond acceptors (Lipinski definition) is 7. The molecule has 0 bridgehead atoms. The van der Waals surface area contributed by atoms with E-state index in [1.165, 1.54) is 0 Å². The third-order valence-electron chi connectivity index (χ3n) is 5.44. The number of carboxylic acid groups (broad SMARTS) is 1. The highest BCUT2D eigenvalue weighted by Crippen LogP contribution is 2.29. The molecule has 2 aromatic rings. The highest BCUT2D eigenvalue weighted by Gasteiger charge is 2.20. The SMILES string of the molecule is CCCC(C)Nc1nc(Nc2ccc(OCCCCCCC(=O)O)cc2)nc2c1CCN2. The lowest BCUT2D eigenvalue weighted by molar-refractivity contribution is -0.137. The summed E-state index contributed by atoms with van der Waals surface area (Å²) in [6.45, 7) is 5.88. The lowest BCUT2D eigenvalue weighted by atomic mass is 10.1. The maximum absolute atomic E-state index is 10.5. The average Bonchev–Trinajstić information content (AvgIpc) is 3.23. The fourth-order valence-corrected chi connectivity index (χ4v) is 3.77. The Morgan fingerprint density at radius 3 is 2.72 bits per heavy atom. The van der Waals surface area contributed by atoms with Crippen molar-refractivity contribution in [2.24, 2.45) is 0 Å². The molecule has 0 aliphatic carbocycles. The maximum Gasteiger partial charge on any atom is 0.303 e. The molecular weight excluding hydrogens is 406 g/mol. The van der Waals surface area contributed by atoms with E-state index < -0.39 is 5.97 Å². The first kappa shape index (κ1) is 23.6. The van der Waals surface area contributed by atoms with E-state index in [2.05, 4.69) is 34.8 Å². The lowest BCUT2D eigenvalue weighted by Crippen LogP contribution is -2.17. The van der Waals surface area contributed by atoms with Gasteiger partial charge in [-0.1, -0.05) is 26.2 Å². The molecule has 1 unspecified atom stereocenters. The summed E-state index contributed by atoms with van der Waals surface area (Å²) in [7, 11) is 0. The molecule has 1 aromatic heterocycles. The van der Waals surface area contributed by atoms with Crippen LogP contribution in [0.5, 0.6) is 5.75 Å². The summed E-state index contributed by atoms with van der Waals surface area (Å²) in [6, 6.07) is 8.14. The summed E-state index contributed by atoms with van der Waals surface area (Å²) < 4.78 is 5.79. The van der Waals surface area contributed by atoms with Crippen LogP contribution in [0.15, 0.2) is 24.3 Å². The van der Waals surface area contributed by atoms with Gasteiger partial charge in [-0.2, -0.15) is 9.97 Å². The lowest BCUT2D eigenvalue weighted by Gasteiger charge is -2.17. The molecule has 4 N–H and O–H groups in total. The maximum atomic E-state index is 10.5. The number of nitrogens with zero attached hydrogens (tertiary/aromatic N) is 2. The van der Waals surface area contributed by atoms with Crippen LogP contribution in [0, 0.1) is 0 Å². The largest absolute Gasteiger partial charge is 0.494 e. The monoisotopic (exact) mass is 441 g/mol. The van der Waals surface area contributed by atoms with Crippen LogP contribution in [0.2, 0.25) is 0 Å². The highest BCUT2D eigenvalue weighted by atomic mass is 16.5. The van der Waals surface area contributed by atoms with Gasteiger partial charge in [0.05, 0.1) is 6.61 Å². The van der Waals surface area contributed by atoms with Crippen LogP contribution in [0.3, 0.4) is 0 Å². The molecule has 0 amide bonds. The van der Waals surface area contributed by atoms with E-state index in [0.717, 1.165) is 80.1 Å². The Balaban J connectivity index is 1.51. The molecule has 1 aliphatic rings. The minimum atomic E-state index is -0.727. The zero-order valence-corrected chi connectivity index (χ0v) is 19.1. The van der Waals surface area contributed by atoms with Crippen LogP contribution in [0.25, 0.3) is 0 Å². The van der Waals surface area contributed by atoms with Gasteiger partial charge in [0.25, 0.3) is 0 Å². The Morgan fingerprint density at radius 2 is 1.97 bits per heavy atom. The fraction of sp³-hybridized carbons (Fsp3) is 0.542. The number of nitrogens with one attached hydrogen (secondary N) is 3. The van der Waals surface area contributed by atoms with Crippen molar-refractivity contribution in [3.8, 4) is 5.75 Å². The zero-order chi connectivity index (χ0) is 22.8. The standard InChI is InChI=1S/C24H35N5O3/c1-3-8-17(2)26-23-20-14-15-25-22(20)28-24(29-23)27-18-10-12-19(13-11-18)32-16-7-5-4-6-9-21(30)31/h10-13,17H,3-9,14-16H2,1-2H3,(H,30,31)(H3,25,26,27,28,29). The number of hydrogen-bond donors (Lipinski definition) is 4. The van der Waals surface area contributed by atoms with Gasteiger partial charge in [0.1, 0.15) is 17.4 Å². The molecule has 3 rings (SSSR count). The Bertz CT molecular complexity index is 873. The van der Waals surface area contributed by atoms with E-state index in [4.69, 9.17) is 14.8 Å². The molecule has 8 heteroatoms. The molecule has 0 spiro atoms. The van der Waals surface area contributed by atoms with Gasteiger partial charge in [-0.05, 0) is 56.9 Å². The molecule has 0 fully saturated rings. The van der Waals surface area contributed by atoms with Gasteiger partial charge in [-0.25, -0.2) is 0 Å². The summed E-state index contributed by atoms with van der Waals surface area (Å²) in [4.78, 5) is 19.9. The van der Waals surface area contributed by atoms with E-state index in [0.29, 0.717) is 18.6 Å². The van der Waals surface area contributed by atoms with Gasteiger partial charge in [-0.3, -0.25) is 4.79 Å². The Morgan fingerprint density at radius 1 is 1.19 bits per heavy atom. The van der Waals surface area contributed by atoms with Gasteiger partial charge in [0.2, 0.25) is 5.95 Å². The first-order chi connectivity index (χ1) is 15.5. The third-order valence-corrected chi connectivity index (χ3v) is 5.44. The Labute approximate surface area is 190 Å².